The lowest BCUT2D eigenvalue weighted by Gasteiger charge is -2.26. The van der Waals surface area contributed by atoms with Crippen molar-refractivity contribution < 1.29 is 14.3 Å². The number of aromatic nitrogens is 1. The Balaban J connectivity index is 1.65. The van der Waals surface area contributed by atoms with E-state index in [-0.39, 0.29) is 18.6 Å². The van der Waals surface area contributed by atoms with Crippen LogP contribution in [0.1, 0.15) is 18.7 Å². The van der Waals surface area contributed by atoms with Gasteiger partial charge in [0.1, 0.15) is 6.61 Å². The molecule has 2 aromatic rings. The van der Waals surface area contributed by atoms with Gasteiger partial charge in [-0.3, -0.25) is 9.78 Å². The molecule has 1 N–H and O–H groups in total. The maximum absolute atomic E-state index is 12.2. The number of para-hydroxylation sites is 2. The fraction of sp³-hybridized carbons (Fsp3) is 0.250. The zero-order chi connectivity index (χ0) is 14.7. The molecule has 108 valence electrons. The van der Waals surface area contributed by atoms with Crippen LogP contribution in [0.4, 0.5) is 0 Å². The van der Waals surface area contributed by atoms with Crippen LogP contribution in [0.15, 0.2) is 48.7 Å². The largest absolute Gasteiger partial charge is 0.485 e. The van der Waals surface area contributed by atoms with Crippen LogP contribution >= 0.6 is 0 Å². The Bertz CT molecular complexity index is 630. The number of pyridine rings is 1. The highest BCUT2D eigenvalue weighted by Gasteiger charge is 2.28. The molecule has 21 heavy (non-hydrogen) atoms. The number of ether oxygens (including phenoxy) is 2. The second kappa shape index (κ2) is 5.83. The molecule has 1 amide bonds. The van der Waals surface area contributed by atoms with Crippen molar-refractivity contribution in [1.82, 2.24) is 10.3 Å². The highest BCUT2D eigenvalue weighted by atomic mass is 16.6. The first kappa shape index (κ1) is 13.4. The second-order valence-electron chi connectivity index (χ2n) is 4.85. The molecule has 3 rings (SSSR count). The summed E-state index contributed by atoms with van der Waals surface area (Å²) in [5.41, 5.74) is 0.808. The topological polar surface area (TPSA) is 60.5 Å². The molecule has 5 nitrogen and oxygen atoms in total. The predicted molar refractivity (Wildman–Crippen MR) is 77.1 cm³/mol. The van der Waals surface area contributed by atoms with Crippen LogP contribution < -0.4 is 14.8 Å². The van der Waals surface area contributed by atoms with Crippen molar-refractivity contribution in [3.05, 3.63) is 54.4 Å². The number of amides is 1. The third-order valence-electron chi connectivity index (χ3n) is 3.29. The summed E-state index contributed by atoms with van der Waals surface area (Å²) >= 11 is 0. The predicted octanol–water partition coefficient (Wildman–Crippen LogP) is 2.10. The molecule has 1 aliphatic heterocycles. The van der Waals surface area contributed by atoms with Crippen molar-refractivity contribution in [2.45, 2.75) is 19.1 Å². The molecular formula is C16H16N2O3. The fourth-order valence-corrected chi connectivity index (χ4v) is 2.16. The van der Waals surface area contributed by atoms with E-state index < -0.39 is 6.10 Å². The van der Waals surface area contributed by atoms with E-state index in [2.05, 4.69) is 10.3 Å². The Labute approximate surface area is 122 Å². The summed E-state index contributed by atoms with van der Waals surface area (Å²) in [4.78, 5) is 16.5. The highest BCUT2D eigenvalue weighted by Crippen LogP contribution is 2.30. The van der Waals surface area contributed by atoms with Gasteiger partial charge in [0.05, 0.1) is 11.7 Å². The number of carbonyl (C=O) groups is 1. The van der Waals surface area contributed by atoms with Crippen molar-refractivity contribution in [3.63, 3.8) is 0 Å². The fourth-order valence-electron chi connectivity index (χ4n) is 2.16. The summed E-state index contributed by atoms with van der Waals surface area (Å²) in [5, 5.41) is 2.89. The Hall–Kier alpha value is -2.56. The number of fused-ring (bicyclic) bond motifs is 1. The van der Waals surface area contributed by atoms with Crippen molar-refractivity contribution >= 4 is 5.91 Å². The van der Waals surface area contributed by atoms with E-state index in [1.54, 1.807) is 12.3 Å². The van der Waals surface area contributed by atoms with Crippen LogP contribution in [0.25, 0.3) is 0 Å². The van der Waals surface area contributed by atoms with Crippen LogP contribution in [0.5, 0.6) is 11.5 Å². The molecule has 1 aliphatic rings. The third kappa shape index (κ3) is 2.97. The standard InChI is InChI=1S/C16H16N2O3/c1-11(12-6-4-5-9-17-12)18-16(19)15-10-20-13-7-2-3-8-14(13)21-15/h2-9,11,15H,10H2,1H3,(H,18,19)/t11-,15+/m1/s1. The number of nitrogens with one attached hydrogen (secondary N) is 1. The number of rotatable bonds is 3. The lowest BCUT2D eigenvalue weighted by atomic mass is 10.2. The lowest BCUT2D eigenvalue weighted by Crippen LogP contribution is -2.44. The quantitative estimate of drug-likeness (QED) is 0.937. The number of carbonyl (C=O) groups excluding carboxylic acids is 1. The Morgan fingerprint density at radius 3 is 2.76 bits per heavy atom. The molecule has 0 saturated carbocycles. The van der Waals surface area contributed by atoms with Gasteiger partial charge in [0.2, 0.25) is 6.10 Å². The molecular weight excluding hydrogens is 268 g/mol. The Morgan fingerprint density at radius 1 is 1.24 bits per heavy atom. The van der Waals surface area contributed by atoms with Gasteiger partial charge in [0, 0.05) is 6.20 Å². The van der Waals surface area contributed by atoms with Crippen molar-refractivity contribution in [3.8, 4) is 11.5 Å². The second-order valence-corrected chi connectivity index (χ2v) is 4.85. The van der Waals surface area contributed by atoms with Gasteiger partial charge < -0.3 is 14.8 Å². The summed E-state index contributed by atoms with van der Waals surface area (Å²) in [6.07, 6.45) is 1.06. The van der Waals surface area contributed by atoms with Gasteiger partial charge in [-0.2, -0.15) is 0 Å². The van der Waals surface area contributed by atoms with Gasteiger partial charge >= 0.3 is 0 Å². The first-order valence-electron chi connectivity index (χ1n) is 6.84. The smallest absolute Gasteiger partial charge is 0.265 e. The molecule has 0 radical (unpaired) electrons. The molecule has 2 atom stereocenters. The average molecular weight is 284 g/mol. The molecule has 0 aliphatic carbocycles. The summed E-state index contributed by atoms with van der Waals surface area (Å²) in [6.45, 7) is 2.09. The van der Waals surface area contributed by atoms with Crippen LogP contribution in [0, 0.1) is 0 Å². The Kier molecular flexibility index (Phi) is 3.73. The highest BCUT2D eigenvalue weighted by molar-refractivity contribution is 5.82. The number of benzene rings is 1. The van der Waals surface area contributed by atoms with E-state index in [0.717, 1.165) is 5.69 Å². The Morgan fingerprint density at radius 2 is 2.00 bits per heavy atom. The molecule has 0 fully saturated rings. The molecule has 1 aromatic heterocycles. The van der Waals surface area contributed by atoms with Crippen LogP contribution in [0.3, 0.4) is 0 Å². The van der Waals surface area contributed by atoms with E-state index in [1.807, 2.05) is 43.3 Å². The molecule has 5 heteroatoms. The molecule has 0 unspecified atom stereocenters. The van der Waals surface area contributed by atoms with Gasteiger partial charge in [-0.15, -0.1) is 0 Å². The van der Waals surface area contributed by atoms with Gasteiger partial charge in [0.25, 0.3) is 5.91 Å². The summed E-state index contributed by atoms with van der Waals surface area (Å²) in [7, 11) is 0. The number of hydrogen-bond acceptors (Lipinski definition) is 4. The third-order valence-corrected chi connectivity index (χ3v) is 3.29. The minimum absolute atomic E-state index is 0.181. The van der Waals surface area contributed by atoms with Gasteiger partial charge in [-0.25, -0.2) is 0 Å². The minimum atomic E-state index is -0.647. The maximum atomic E-state index is 12.2. The molecule has 1 aromatic carbocycles. The normalized spacial score (nSPS) is 17.9. The van der Waals surface area contributed by atoms with Crippen LogP contribution in [-0.4, -0.2) is 23.6 Å². The van der Waals surface area contributed by atoms with Gasteiger partial charge in [-0.05, 0) is 31.2 Å². The average Bonchev–Trinajstić information content (AvgIpc) is 2.55. The van der Waals surface area contributed by atoms with E-state index in [4.69, 9.17) is 9.47 Å². The van der Waals surface area contributed by atoms with E-state index >= 15 is 0 Å². The van der Waals surface area contributed by atoms with Gasteiger partial charge in [-0.1, -0.05) is 18.2 Å². The summed E-state index contributed by atoms with van der Waals surface area (Å²) in [6, 6.07) is 12.7. The van der Waals surface area contributed by atoms with Crippen molar-refractivity contribution in [2.75, 3.05) is 6.61 Å². The van der Waals surface area contributed by atoms with E-state index in [9.17, 15) is 4.79 Å². The molecule has 0 saturated heterocycles. The van der Waals surface area contributed by atoms with E-state index in [1.165, 1.54) is 0 Å². The first-order valence-corrected chi connectivity index (χ1v) is 6.84. The van der Waals surface area contributed by atoms with Crippen molar-refractivity contribution in [2.24, 2.45) is 0 Å². The monoisotopic (exact) mass is 284 g/mol. The van der Waals surface area contributed by atoms with Crippen molar-refractivity contribution in [1.29, 1.82) is 0 Å². The van der Waals surface area contributed by atoms with Gasteiger partial charge in [0.15, 0.2) is 11.5 Å². The molecule has 0 bridgehead atoms. The SMILES string of the molecule is C[C@@H](NC(=O)[C@@H]1COc2ccccc2O1)c1ccccn1. The summed E-state index contributed by atoms with van der Waals surface area (Å²) in [5.74, 6) is 1.05. The zero-order valence-corrected chi connectivity index (χ0v) is 11.7. The van der Waals surface area contributed by atoms with Crippen LogP contribution in [-0.2, 0) is 4.79 Å². The number of nitrogens with zero attached hydrogens (tertiary/aromatic N) is 1. The van der Waals surface area contributed by atoms with E-state index in [0.29, 0.717) is 11.5 Å². The lowest BCUT2D eigenvalue weighted by molar-refractivity contribution is -0.131. The summed E-state index contributed by atoms with van der Waals surface area (Å²) < 4.78 is 11.2. The molecule has 2 heterocycles. The number of hydrogen-bond donors (Lipinski definition) is 1. The van der Waals surface area contributed by atoms with Crippen LogP contribution in [0.2, 0.25) is 0 Å². The zero-order valence-electron chi connectivity index (χ0n) is 11.7. The minimum Gasteiger partial charge on any atom is -0.485 e. The maximum Gasteiger partial charge on any atom is 0.265 e. The molecule has 0 spiro atoms. The first-order chi connectivity index (χ1) is 10.2.